The van der Waals surface area contributed by atoms with Crippen LogP contribution in [0.25, 0.3) is 0 Å². The van der Waals surface area contributed by atoms with Gasteiger partial charge in [0.15, 0.2) is 0 Å². The van der Waals surface area contributed by atoms with E-state index in [1.165, 1.54) is 30.5 Å². The molecule has 4 bridgehead atoms. The fourth-order valence-corrected chi connectivity index (χ4v) is 9.79. The maximum absolute atomic E-state index is 12.6. The van der Waals surface area contributed by atoms with E-state index < -0.39 is 17.1 Å². The first-order valence-corrected chi connectivity index (χ1v) is 14.1. The zero-order chi connectivity index (χ0) is 25.5. The van der Waals surface area contributed by atoms with Crippen molar-refractivity contribution in [2.75, 3.05) is 20.2 Å². The molecule has 0 aromatic heterocycles. The summed E-state index contributed by atoms with van der Waals surface area (Å²) < 4.78 is 13.6. The molecule has 7 aliphatic rings. The predicted octanol–water partition coefficient (Wildman–Crippen LogP) is 3.81. The molecule has 0 radical (unpaired) electrons. The quantitative estimate of drug-likeness (QED) is 0.650. The maximum Gasteiger partial charge on any atom is 0.252 e. The number of likely N-dealkylation sites (tertiary alicyclic amines) is 1. The third-order valence-corrected chi connectivity index (χ3v) is 12.1. The van der Waals surface area contributed by atoms with Crippen molar-refractivity contribution >= 4 is 5.91 Å². The second-order valence-electron chi connectivity index (χ2n) is 14.2. The Morgan fingerprint density at radius 1 is 1.22 bits per heavy atom. The normalized spacial score (nSPS) is 42.0. The lowest BCUT2D eigenvalue weighted by Gasteiger charge is -2.75. The van der Waals surface area contributed by atoms with Crippen molar-refractivity contribution in [2.45, 2.75) is 101 Å². The average Bonchev–Trinajstić information content (AvgIpc) is 3.56. The minimum absolute atomic E-state index is 0.0144. The number of nitrogens with two attached hydrogens (primary N) is 1. The van der Waals surface area contributed by atoms with Crippen LogP contribution < -0.4 is 10.5 Å². The minimum Gasteiger partial charge on any atom is -0.485 e. The first kappa shape index (κ1) is 23.5. The zero-order valence-corrected chi connectivity index (χ0v) is 22.5. The molecule has 3 N–H and O–H groups in total. The number of benzene rings is 1. The van der Waals surface area contributed by atoms with Gasteiger partial charge in [0, 0.05) is 42.0 Å². The summed E-state index contributed by atoms with van der Waals surface area (Å²) in [6.07, 6.45) is 7.34. The fraction of sp³-hybridized carbons (Fsp3) is 0.767. The molecule has 1 unspecified atom stereocenters. The molecule has 5 fully saturated rings. The summed E-state index contributed by atoms with van der Waals surface area (Å²) in [4.78, 5) is 15.4. The standard InChI is InChI=1S/C30H42N2O4/c1-26(2,3)27(4,34)20-15-28-10-11-30(20,35-5)25-29(28)12-13-32(16-17-6-7-17)21(28)14-18-8-9-19(24(31)33)23(36-25)22(18)29/h8-9,17,20-21,25,34H,6-7,10-16H2,1-5H3,(H2,31,33)/t20-,21-,25?,27+,28-,29+,30+/m1/s1. The highest BCUT2D eigenvalue weighted by atomic mass is 16.6. The summed E-state index contributed by atoms with van der Waals surface area (Å²) in [5.41, 5.74) is 6.86. The van der Waals surface area contributed by atoms with Gasteiger partial charge < -0.3 is 20.3 Å². The van der Waals surface area contributed by atoms with Crippen LogP contribution >= 0.6 is 0 Å². The molecule has 1 amide bonds. The van der Waals surface area contributed by atoms with Crippen LogP contribution in [0.15, 0.2) is 12.1 Å². The van der Waals surface area contributed by atoms with Gasteiger partial charge in [-0.05, 0) is 81.4 Å². The Balaban J connectivity index is 1.49. The van der Waals surface area contributed by atoms with Crippen molar-refractivity contribution < 1.29 is 19.4 Å². The molecule has 2 heterocycles. The predicted molar refractivity (Wildman–Crippen MR) is 137 cm³/mol. The van der Waals surface area contributed by atoms with Gasteiger partial charge in [-0.25, -0.2) is 0 Å². The minimum atomic E-state index is -0.946. The third-order valence-electron chi connectivity index (χ3n) is 12.1. The van der Waals surface area contributed by atoms with E-state index in [0.717, 1.165) is 44.6 Å². The van der Waals surface area contributed by atoms with Crippen LogP contribution in [-0.4, -0.2) is 59.5 Å². The lowest BCUT2D eigenvalue weighted by molar-refractivity contribution is -0.312. The molecule has 1 saturated heterocycles. The number of carbonyl (C=O) groups is 1. The molecule has 5 aliphatic carbocycles. The van der Waals surface area contributed by atoms with Gasteiger partial charge in [0.05, 0.1) is 11.2 Å². The van der Waals surface area contributed by atoms with Crippen LogP contribution in [0.4, 0.5) is 0 Å². The number of hydrogen-bond donors (Lipinski definition) is 2. The number of rotatable bonds is 5. The summed E-state index contributed by atoms with van der Waals surface area (Å²) in [5, 5.41) is 12.3. The topological polar surface area (TPSA) is 85.0 Å². The number of ether oxygens (including phenoxy) is 2. The summed E-state index contributed by atoms with van der Waals surface area (Å²) in [6, 6.07) is 4.45. The van der Waals surface area contributed by atoms with Crippen molar-refractivity contribution in [3.63, 3.8) is 0 Å². The Hall–Kier alpha value is -1.63. The van der Waals surface area contributed by atoms with Gasteiger partial charge in [0.1, 0.15) is 17.5 Å². The molecule has 1 aromatic rings. The van der Waals surface area contributed by atoms with Crippen LogP contribution in [0, 0.1) is 22.7 Å². The van der Waals surface area contributed by atoms with Crippen LogP contribution in [0.3, 0.4) is 0 Å². The first-order chi connectivity index (χ1) is 16.9. The molecule has 2 aliphatic heterocycles. The van der Waals surface area contributed by atoms with E-state index >= 15 is 0 Å². The Labute approximate surface area is 214 Å². The molecule has 7 atom stereocenters. The molecule has 196 valence electrons. The van der Waals surface area contributed by atoms with Gasteiger partial charge in [-0.15, -0.1) is 0 Å². The van der Waals surface area contributed by atoms with Crippen molar-refractivity contribution in [2.24, 2.45) is 28.4 Å². The molecular formula is C30H42N2O4. The van der Waals surface area contributed by atoms with Crippen LogP contribution in [0.2, 0.25) is 0 Å². The van der Waals surface area contributed by atoms with Crippen molar-refractivity contribution in [1.29, 1.82) is 0 Å². The monoisotopic (exact) mass is 494 g/mol. The lowest BCUT2D eigenvalue weighted by Crippen LogP contribution is -2.83. The summed E-state index contributed by atoms with van der Waals surface area (Å²) in [7, 11) is 1.81. The summed E-state index contributed by atoms with van der Waals surface area (Å²) in [5.74, 6) is 1.04. The van der Waals surface area contributed by atoms with E-state index in [2.05, 4.69) is 31.7 Å². The molecule has 6 nitrogen and oxygen atoms in total. The van der Waals surface area contributed by atoms with Crippen molar-refractivity contribution in [3.8, 4) is 5.75 Å². The van der Waals surface area contributed by atoms with Crippen LogP contribution in [0.1, 0.15) is 87.7 Å². The highest BCUT2D eigenvalue weighted by Crippen LogP contribution is 2.77. The van der Waals surface area contributed by atoms with Gasteiger partial charge in [-0.1, -0.05) is 26.8 Å². The van der Waals surface area contributed by atoms with E-state index in [9.17, 15) is 9.90 Å². The number of primary amides is 1. The third kappa shape index (κ3) is 2.48. The first-order valence-electron chi connectivity index (χ1n) is 14.1. The van der Waals surface area contributed by atoms with Gasteiger partial charge in [-0.3, -0.25) is 9.69 Å². The van der Waals surface area contributed by atoms with E-state index in [4.69, 9.17) is 15.2 Å². The van der Waals surface area contributed by atoms with E-state index in [1.54, 1.807) is 0 Å². The van der Waals surface area contributed by atoms with Gasteiger partial charge in [0.25, 0.3) is 5.91 Å². The Kier molecular flexibility index (Phi) is 4.48. The molecule has 8 rings (SSSR count). The van der Waals surface area contributed by atoms with Crippen molar-refractivity contribution in [1.82, 2.24) is 4.90 Å². The summed E-state index contributed by atoms with van der Waals surface area (Å²) in [6.45, 7) is 10.7. The number of nitrogens with zero attached hydrogens (tertiary/aromatic N) is 1. The molecule has 6 heteroatoms. The Morgan fingerprint density at radius 3 is 2.61 bits per heavy atom. The zero-order valence-electron chi connectivity index (χ0n) is 22.5. The largest absolute Gasteiger partial charge is 0.485 e. The van der Waals surface area contributed by atoms with Gasteiger partial charge in [0.2, 0.25) is 0 Å². The van der Waals surface area contributed by atoms with Gasteiger partial charge >= 0.3 is 0 Å². The highest BCUT2D eigenvalue weighted by molar-refractivity contribution is 5.97. The van der Waals surface area contributed by atoms with E-state index in [0.29, 0.717) is 17.4 Å². The number of methoxy groups -OCH3 is 1. The fourth-order valence-electron chi connectivity index (χ4n) is 9.79. The number of piperidine rings is 1. The van der Waals surface area contributed by atoms with E-state index in [1.807, 2.05) is 20.1 Å². The number of amides is 1. The van der Waals surface area contributed by atoms with Crippen molar-refractivity contribution in [3.05, 3.63) is 28.8 Å². The number of aliphatic hydroxyl groups is 1. The Bertz CT molecular complexity index is 1150. The van der Waals surface area contributed by atoms with Gasteiger partial charge in [-0.2, -0.15) is 0 Å². The van der Waals surface area contributed by atoms with Crippen LogP contribution in [0.5, 0.6) is 5.75 Å². The molecule has 36 heavy (non-hydrogen) atoms. The SMILES string of the molecule is CO[C@@]12CC[C@@]3(C[C@@H]1[C@](C)(O)C(C)(C)C)[C@H]1Cc4ccc(C(N)=O)c5c4[C@@]3(CCN1CC1CC1)C2O5. The molecular weight excluding hydrogens is 452 g/mol. The molecule has 4 saturated carbocycles. The summed E-state index contributed by atoms with van der Waals surface area (Å²) >= 11 is 0. The lowest BCUT2D eigenvalue weighted by atomic mass is 9.33. The second-order valence-corrected chi connectivity index (χ2v) is 14.2. The van der Waals surface area contributed by atoms with E-state index in [-0.39, 0.29) is 28.3 Å². The molecule has 2 spiro atoms. The smallest absolute Gasteiger partial charge is 0.252 e. The van der Waals surface area contributed by atoms with Crippen LogP contribution in [-0.2, 0) is 16.6 Å². The Morgan fingerprint density at radius 2 is 1.97 bits per heavy atom. The maximum atomic E-state index is 12.6. The number of hydrogen-bond acceptors (Lipinski definition) is 5. The number of fused-ring (bicyclic) bond motifs is 2. The highest BCUT2D eigenvalue weighted by Gasteiger charge is 2.82. The average molecular weight is 495 g/mol. The number of carbonyl (C=O) groups excluding carboxylic acids is 1. The second kappa shape index (κ2) is 6.86. The molecule has 1 aromatic carbocycles.